The molecule has 0 spiro atoms. The summed E-state index contributed by atoms with van der Waals surface area (Å²) in [5.74, 6) is 0. The molecule has 0 aromatic heterocycles. The Morgan fingerprint density at radius 1 is 1.10 bits per heavy atom. The number of aryl methyl sites for hydroxylation is 1. The van der Waals surface area contributed by atoms with Crippen LogP contribution in [-0.2, 0) is 6.42 Å². The van der Waals surface area contributed by atoms with Crippen molar-refractivity contribution in [3.8, 4) is 0 Å². The first kappa shape index (κ1) is 15.3. The Bertz CT molecular complexity index is 393. The number of allylic oxidation sites excluding steroid dienone is 1. The van der Waals surface area contributed by atoms with Gasteiger partial charge in [0.1, 0.15) is 0 Å². The second-order valence-electron chi connectivity index (χ2n) is 5.87. The molecule has 0 radical (unpaired) electrons. The van der Waals surface area contributed by atoms with Crippen molar-refractivity contribution in [1.29, 1.82) is 0 Å². The predicted molar refractivity (Wildman–Crippen MR) is 88.0 cm³/mol. The number of hydrogen-bond acceptors (Lipinski definition) is 1. The van der Waals surface area contributed by atoms with Crippen LogP contribution in [0.1, 0.15) is 57.4 Å². The smallest absolute Gasteiger partial charge is 0.0279 e. The van der Waals surface area contributed by atoms with Crippen molar-refractivity contribution in [2.24, 2.45) is 0 Å². The summed E-state index contributed by atoms with van der Waals surface area (Å²) >= 11 is 0. The Morgan fingerprint density at radius 3 is 2.75 bits per heavy atom. The molecule has 0 saturated heterocycles. The minimum Gasteiger partial charge on any atom is -0.311 e. The van der Waals surface area contributed by atoms with Crippen LogP contribution in [0.15, 0.2) is 42.0 Å². The third-order valence-corrected chi connectivity index (χ3v) is 4.28. The molecule has 1 nitrogen and oxygen atoms in total. The van der Waals surface area contributed by atoms with Crippen molar-refractivity contribution in [2.45, 2.75) is 64.3 Å². The summed E-state index contributed by atoms with van der Waals surface area (Å²) in [7, 11) is 0. The monoisotopic (exact) mass is 271 g/mol. The van der Waals surface area contributed by atoms with E-state index in [0.29, 0.717) is 6.04 Å². The molecule has 0 saturated carbocycles. The second kappa shape index (κ2) is 8.97. The fraction of sp³-hybridized carbons (Fsp3) is 0.579. The molecule has 1 unspecified atom stereocenters. The van der Waals surface area contributed by atoms with Gasteiger partial charge in [-0.3, -0.25) is 0 Å². The Morgan fingerprint density at radius 2 is 1.95 bits per heavy atom. The normalized spacial score (nSPS) is 17.4. The highest BCUT2D eigenvalue weighted by molar-refractivity contribution is 5.15. The van der Waals surface area contributed by atoms with E-state index >= 15 is 0 Å². The van der Waals surface area contributed by atoms with Gasteiger partial charge in [0, 0.05) is 6.04 Å². The Labute approximate surface area is 124 Å². The highest BCUT2D eigenvalue weighted by Crippen LogP contribution is 2.22. The summed E-state index contributed by atoms with van der Waals surface area (Å²) in [6, 6.07) is 11.5. The van der Waals surface area contributed by atoms with Crippen LogP contribution in [-0.4, -0.2) is 12.6 Å². The maximum Gasteiger partial charge on any atom is 0.0279 e. The van der Waals surface area contributed by atoms with Crippen LogP contribution in [0.5, 0.6) is 0 Å². The summed E-state index contributed by atoms with van der Waals surface area (Å²) in [6.07, 6.45) is 13.0. The molecule has 1 aromatic carbocycles. The molecule has 0 heterocycles. The van der Waals surface area contributed by atoms with E-state index in [4.69, 9.17) is 0 Å². The fourth-order valence-electron chi connectivity index (χ4n) is 3.18. The van der Waals surface area contributed by atoms with Crippen LogP contribution in [0.25, 0.3) is 0 Å². The number of hydrogen-bond donors (Lipinski definition) is 1. The third-order valence-electron chi connectivity index (χ3n) is 4.28. The van der Waals surface area contributed by atoms with Gasteiger partial charge in [-0.2, -0.15) is 0 Å². The molecule has 0 fully saturated rings. The maximum absolute atomic E-state index is 3.70. The molecule has 1 heteroatoms. The van der Waals surface area contributed by atoms with E-state index in [1.807, 2.05) is 0 Å². The zero-order valence-electron chi connectivity index (χ0n) is 12.9. The van der Waals surface area contributed by atoms with Gasteiger partial charge in [-0.25, -0.2) is 0 Å². The first-order chi connectivity index (χ1) is 9.90. The lowest BCUT2D eigenvalue weighted by Gasteiger charge is -2.21. The molecule has 1 aromatic rings. The average Bonchev–Trinajstić information content (AvgIpc) is 2.76. The standard InChI is InChI=1S/C19H29N/c1-2-20-19(18-14-8-3-4-9-15-18)16-10-13-17-11-6-5-7-12-17/h5-7,11-12,14,19-20H,2-4,8-10,13,15-16H2,1H3. The average molecular weight is 271 g/mol. The lowest BCUT2D eigenvalue weighted by Crippen LogP contribution is -2.31. The molecule has 0 bridgehead atoms. The van der Waals surface area contributed by atoms with Gasteiger partial charge in [-0.05, 0) is 57.1 Å². The van der Waals surface area contributed by atoms with Crippen LogP contribution < -0.4 is 5.32 Å². The van der Waals surface area contributed by atoms with Crippen LogP contribution >= 0.6 is 0 Å². The Balaban J connectivity index is 1.84. The van der Waals surface area contributed by atoms with Crippen molar-refractivity contribution in [3.63, 3.8) is 0 Å². The molecule has 0 amide bonds. The molecule has 2 rings (SSSR count). The lowest BCUT2D eigenvalue weighted by molar-refractivity contribution is 0.515. The van der Waals surface area contributed by atoms with E-state index in [1.54, 1.807) is 5.57 Å². The first-order valence-corrected chi connectivity index (χ1v) is 8.36. The molecule has 1 aliphatic carbocycles. The summed E-state index contributed by atoms with van der Waals surface area (Å²) in [5, 5.41) is 3.70. The van der Waals surface area contributed by atoms with Crippen molar-refractivity contribution in [3.05, 3.63) is 47.5 Å². The van der Waals surface area contributed by atoms with Crippen LogP contribution in [0.3, 0.4) is 0 Å². The quantitative estimate of drug-likeness (QED) is 0.697. The van der Waals surface area contributed by atoms with Crippen LogP contribution in [0.4, 0.5) is 0 Å². The second-order valence-corrected chi connectivity index (χ2v) is 5.87. The summed E-state index contributed by atoms with van der Waals surface area (Å²) < 4.78 is 0. The Hall–Kier alpha value is -1.08. The highest BCUT2D eigenvalue weighted by atomic mass is 14.9. The van der Waals surface area contributed by atoms with Crippen LogP contribution in [0.2, 0.25) is 0 Å². The fourth-order valence-corrected chi connectivity index (χ4v) is 3.18. The van der Waals surface area contributed by atoms with Gasteiger partial charge >= 0.3 is 0 Å². The summed E-state index contributed by atoms with van der Waals surface area (Å²) in [6.45, 7) is 3.30. The van der Waals surface area contributed by atoms with Crippen molar-refractivity contribution in [2.75, 3.05) is 6.54 Å². The lowest BCUT2D eigenvalue weighted by atomic mass is 9.96. The zero-order valence-corrected chi connectivity index (χ0v) is 12.9. The largest absolute Gasteiger partial charge is 0.311 e. The summed E-state index contributed by atoms with van der Waals surface area (Å²) in [4.78, 5) is 0. The topological polar surface area (TPSA) is 12.0 Å². The summed E-state index contributed by atoms with van der Waals surface area (Å²) in [5.41, 5.74) is 3.15. The van der Waals surface area contributed by atoms with Gasteiger partial charge in [-0.1, -0.05) is 55.3 Å². The van der Waals surface area contributed by atoms with E-state index in [0.717, 1.165) is 6.54 Å². The van der Waals surface area contributed by atoms with E-state index in [9.17, 15) is 0 Å². The molecule has 20 heavy (non-hydrogen) atoms. The molecule has 1 aliphatic rings. The van der Waals surface area contributed by atoms with Gasteiger partial charge in [-0.15, -0.1) is 0 Å². The van der Waals surface area contributed by atoms with E-state index < -0.39 is 0 Å². The van der Waals surface area contributed by atoms with E-state index in [-0.39, 0.29) is 0 Å². The first-order valence-electron chi connectivity index (χ1n) is 8.36. The molecule has 110 valence electrons. The number of nitrogens with one attached hydrogen (secondary N) is 1. The van der Waals surface area contributed by atoms with Crippen molar-refractivity contribution < 1.29 is 0 Å². The van der Waals surface area contributed by atoms with Gasteiger partial charge < -0.3 is 5.32 Å². The van der Waals surface area contributed by atoms with Crippen molar-refractivity contribution >= 4 is 0 Å². The SMILES string of the molecule is CCNC(CCCc1ccccc1)C1=CCCCCC1. The van der Waals surface area contributed by atoms with Gasteiger partial charge in [0.25, 0.3) is 0 Å². The van der Waals surface area contributed by atoms with Gasteiger partial charge in [0.15, 0.2) is 0 Å². The molecular weight excluding hydrogens is 242 g/mol. The Kier molecular flexibility index (Phi) is 6.86. The van der Waals surface area contributed by atoms with Crippen LogP contribution in [0, 0.1) is 0 Å². The highest BCUT2D eigenvalue weighted by Gasteiger charge is 2.14. The van der Waals surface area contributed by atoms with E-state index in [2.05, 4.69) is 48.6 Å². The number of rotatable bonds is 7. The molecule has 1 N–H and O–H groups in total. The number of likely N-dealkylation sites (N-methyl/N-ethyl adjacent to an activating group) is 1. The molecule has 0 aliphatic heterocycles. The molecule has 1 atom stereocenters. The molecular formula is C19H29N. The predicted octanol–water partition coefficient (Wildman–Crippen LogP) is 4.88. The van der Waals surface area contributed by atoms with Gasteiger partial charge in [0.2, 0.25) is 0 Å². The minimum atomic E-state index is 0.613. The van der Waals surface area contributed by atoms with Gasteiger partial charge in [0.05, 0.1) is 0 Å². The maximum atomic E-state index is 3.70. The third kappa shape index (κ3) is 5.13. The number of benzene rings is 1. The van der Waals surface area contributed by atoms with Crippen molar-refractivity contribution in [1.82, 2.24) is 5.32 Å². The minimum absolute atomic E-state index is 0.613. The zero-order chi connectivity index (χ0) is 14.0. The van der Waals surface area contributed by atoms with E-state index in [1.165, 1.54) is 56.9 Å².